The van der Waals surface area contributed by atoms with Crippen LogP contribution in [0.2, 0.25) is 0 Å². The number of rotatable bonds is 2. The zero-order valence-corrected chi connectivity index (χ0v) is 13.3. The van der Waals surface area contributed by atoms with Crippen molar-refractivity contribution < 1.29 is 0 Å². The molecule has 0 aliphatic carbocycles. The minimum absolute atomic E-state index is 0.426. The summed E-state index contributed by atoms with van der Waals surface area (Å²) < 4.78 is 0. The predicted molar refractivity (Wildman–Crippen MR) is 94.0 cm³/mol. The number of hydrogen-bond acceptors (Lipinski definition) is 2. The van der Waals surface area contributed by atoms with Crippen LogP contribution in [0, 0.1) is 0 Å². The molecule has 0 aromatic heterocycles. The van der Waals surface area contributed by atoms with Gasteiger partial charge in [0.2, 0.25) is 0 Å². The average molecular weight is 292 g/mol. The first-order valence-electron chi connectivity index (χ1n) is 8.55. The van der Waals surface area contributed by atoms with Crippen LogP contribution in [0.15, 0.2) is 36.4 Å². The summed E-state index contributed by atoms with van der Waals surface area (Å²) in [4.78, 5) is 0. The van der Waals surface area contributed by atoms with Gasteiger partial charge in [-0.05, 0) is 54.0 Å². The molecule has 22 heavy (non-hydrogen) atoms. The molecule has 2 aromatic rings. The van der Waals surface area contributed by atoms with Crippen LogP contribution in [0.3, 0.4) is 0 Å². The molecule has 2 aromatic carbocycles. The van der Waals surface area contributed by atoms with E-state index in [-0.39, 0.29) is 0 Å². The van der Waals surface area contributed by atoms with Crippen molar-refractivity contribution in [1.29, 1.82) is 0 Å². The van der Waals surface area contributed by atoms with E-state index in [0.717, 1.165) is 13.1 Å². The van der Waals surface area contributed by atoms with Crippen molar-refractivity contribution in [3.05, 3.63) is 58.7 Å². The van der Waals surface area contributed by atoms with E-state index >= 15 is 0 Å². The van der Waals surface area contributed by atoms with E-state index in [0.29, 0.717) is 5.92 Å². The third kappa shape index (κ3) is 2.37. The van der Waals surface area contributed by atoms with Crippen LogP contribution >= 0.6 is 0 Å². The number of aryl methyl sites for hydroxylation is 2. The molecule has 0 bridgehead atoms. The van der Waals surface area contributed by atoms with E-state index in [2.05, 4.69) is 54.0 Å². The van der Waals surface area contributed by atoms with E-state index in [1.54, 1.807) is 0 Å². The topological polar surface area (TPSA) is 24.1 Å². The van der Waals surface area contributed by atoms with E-state index in [1.165, 1.54) is 59.3 Å². The van der Waals surface area contributed by atoms with Crippen LogP contribution in [0.4, 0.5) is 11.4 Å². The van der Waals surface area contributed by atoms with Crippen molar-refractivity contribution in [3.8, 4) is 0 Å². The second-order valence-corrected chi connectivity index (χ2v) is 6.58. The van der Waals surface area contributed by atoms with Gasteiger partial charge in [-0.25, -0.2) is 0 Å². The van der Waals surface area contributed by atoms with Crippen molar-refractivity contribution in [2.45, 2.75) is 38.5 Å². The van der Waals surface area contributed by atoms with Crippen LogP contribution in [0.5, 0.6) is 0 Å². The third-order valence-electron chi connectivity index (χ3n) is 5.15. The van der Waals surface area contributed by atoms with E-state index in [4.69, 9.17) is 0 Å². The van der Waals surface area contributed by atoms with Crippen molar-refractivity contribution in [2.75, 3.05) is 23.7 Å². The molecule has 1 atom stereocenters. The third-order valence-corrected chi connectivity index (χ3v) is 5.15. The molecular formula is C20H24N2. The molecule has 0 spiro atoms. The molecule has 0 fully saturated rings. The Morgan fingerprint density at radius 1 is 0.909 bits per heavy atom. The van der Waals surface area contributed by atoms with Gasteiger partial charge in [0, 0.05) is 30.4 Å². The molecule has 2 nitrogen and oxygen atoms in total. The zero-order chi connectivity index (χ0) is 14.9. The normalized spacial score (nSPS) is 17.7. The van der Waals surface area contributed by atoms with Gasteiger partial charge in [0.15, 0.2) is 0 Å². The summed E-state index contributed by atoms with van der Waals surface area (Å²) in [6, 6.07) is 13.8. The maximum absolute atomic E-state index is 3.63. The first-order valence-corrected chi connectivity index (χ1v) is 8.55. The Hall–Kier alpha value is -1.96. The highest BCUT2D eigenvalue weighted by molar-refractivity contribution is 5.63. The minimum atomic E-state index is 0.426. The Morgan fingerprint density at radius 3 is 2.64 bits per heavy atom. The van der Waals surface area contributed by atoms with Gasteiger partial charge in [-0.1, -0.05) is 37.3 Å². The molecule has 2 aliphatic heterocycles. The quantitative estimate of drug-likeness (QED) is 0.848. The number of benzene rings is 2. The predicted octanol–water partition coefficient (Wildman–Crippen LogP) is 4.55. The number of para-hydroxylation sites is 1. The Kier molecular flexibility index (Phi) is 3.53. The molecule has 0 radical (unpaired) electrons. The molecule has 1 unspecified atom stereocenters. The zero-order valence-electron chi connectivity index (χ0n) is 13.3. The summed E-state index contributed by atoms with van der Waals surface area (Å²) in [5, 5.41) is 7.18. The summed E-state index contributed by atoms with van der Waals surface area (Å²) in [5.41, 5.74) is 8.52. The highest BCUT2D eigenvalue weighted by Crippen LogP contribution is 2.36. The van der Waals surface area contributed by atoms with Gasteiger partial charge in [0.1, 0.15) is 0 Å². The molecule has 2 aliphatic rings. The summed E-state index contributed by atoms with van der Waals surface area (Å²) in [5.74, 6) is 0.426. The maximum atomic E-state index is 3.63. The summed E-state index contributed by atoms with van der Waals surface area (Å²) in [6.45, 7) is 4.53. The molecule has 2 heterocycles. The summed E-state index contributed by atoms with van der Waals surface area (Å²) in [6.07, 6.45) is 4.90. The molecule has 114 valence electrons. The number of hydrogen-bond donors (Lipinski definition) is 2. The second kappa shape index (κ2) is 5.68. The van der Waals surface area contributed by atoms with Crippen LogP contribution in [-0.4, -0.2) is 13.1 Å². The van der Waals surface area contributed by atoms with Crippen molar-refractivity contribution in [2.24, 2.45) is 0 Å². The van der Waals surface area contributed by atoms with Gasteiger partial charge in [-0.2, -0.15) is 0 Å². The molecule has 4 rings (SSSR count). The SMILES string of the molecule is CC(c1ccc2c(c1)NCCC2)c1cccc2c1NCCC2. The van der Waals surface area contributed by atoms with E-state index < -0.39 is 0 Å². The van der Waals surface area contributed by atoms with Crippen LogP contribution in [-0.2, 0) is 12.8 Å². The monoisotopic (exact) mass is 292 g/mol. The smallest absolute Gasteiger partial charge is 0.0411 e. The summed E-state index contributed by atoms with van der Waals surface area (Å²) >= 11 is 0. The van der Waals surface area contributed by atoms with Crippen LogP contribution in [0.1, 0.15) is 47.9 Å². The number of nitrogens with one attached hydrogen (secondary N) is 2. The molecule has 2 heteroatoms. The Labute approximate surface area is 132 Å². The molecule has 0 saturated carbocycles. The summed E-state index contributed by atoms with van der Waals surface area (Å²) in [7, 11) is 0. The van der Waals surface area contributed by atoms with Gasteiger partial charge in [0.25, 0.3) is 0 Å². The number of anilines is 2. The van der Waals surface area contributed by atoms with Gasteiger partial charge in [0.05, 0.1) is 0 Å². The Morgan fingerprint density at radius 2 is 1.73 bits per heavy atom. The highest BCUT2D eigenvalue weighted by atomic mass is 14.9. The first kappa shape index (κ1) is 13.7. The van der Waals surface area contributed by atoms with Crippen molar-refractivity contribution >= 4 is 11.4 Å². The van der Waals surface area contributed by atoms with E-state index in [1.807, 2.05) is 0 Å². The lowest BCUT2D eigenvalue weighted by Gasteiger charge is -2.25. The molecule has 2 N–H and O–H groups in total. The van der Waals surface area contributed by atoms with Gasteiger partial charge >= 0.3 is 0 Å². The lowest BCUT2D eigenvalue weighted by Crippen LogP contribution is -2.15. The lowest BCUT2D eigenvalue weighted by molar-refractivity contribution is 0.810. The van der Waals surface area contributed by atoms with Gasteiger partial charge < -0.3 is 10.6 Å². The first-order chi connectivity index (χ1) is 10.8. The lowest BCUT2D eigenvalue weighted by atomic mass is 9.87. The average Bonchev–Trinajstić information content (AvgIpc) is 2.60. The van der Waals surface area contributed by atoms with Crippen molar-refractivity contribution in [3.63, 3.8) is 0 Å². The Bertz CT molecular complexity index is 690. The van der Waals surface area contributed by atoms with Crippen molar-refractivity contribution in [1.82, 2.24) is 0 Å². The van der Waals surface area contributed by atoms with Gasteiger partial charge in [-0.3, -0.25) is 0 Å². The fraction of sp³-hybridized carbons (Fsp3) is 0.400. The largest absolute Gasteiger partial charge is 0.385 e. The molecular weight excluding hydrogens is 268 g/mol. The Balaban J connectivity index is 1.71. The van der Waals surface area contributed by atoms with Crippen LogP contribution < -0.4 is 10.6 Å². The van der Waals surface area contributed by atoms with E-state index in [9.17, 15) is 0 Å². The van der Waals surface area contributed by atoms with Crippen LogP contribution in [0.25, 0.3) is 0 Å². The molecule has 0 saturated heterocycles. The fourth-order valence-corrected chi connectivity index (χ4v) is 3.82. The standard InChI is InChI=1S/C20H24N2/c1-14(17-10-9-15-6-3-11-21-19(15)13-17)18-8-2-5-16-7-4-12-22-20(16)18/h2,5,8-10,13-14,21-22H,3-4,6-7,11-12H2,1H3. The minimum Gasteiger partial charge on any atom is -0.385 e. The van der Waals surface area contributed by atoms with Gasteiger partial charge in [-0.15, -0.1) is 0 Å². The maximum Gasteiger partial charge on any atom is 0.0411 e. The number of fused-ring (bicyclic) bond motifs is 2. The molecule has 0 amide bonds. The highest BCUT2D eigenvalue weighted by Gasteiger charge is 2.19. The second-order valence-electron chi connectivity index (χ2n) is 6.58. The fourth-order valence-electron chi connectivity index (χ4n) is 3.82.